The molecule has 2 saturated carbocycles. The van der Waals surface area contributed by atoms with Gasteiger partial charge in [0.05, 0.1) is 13.2 Å². The Morgan fingerprint density at radius 2 is 2.22 bits per heavy atom. The van der Waals surface area contributed by atoms with Gasteiger partial charge in [0.1, 0.15) is 0 Å². The Bertz CT molecular complexity index is 598. The predicted octanol–water partition coefficient (Wildman–Crippen LogP) is 1.05. The molecule has 4 aliphatic rings. The number of nitrogens with zero attached hydrogens (tertiary/aromatic N) is 2. The smallest absolute Gasteiger partial charge is 0.224 e. The highest BCUT2D eigenvalue weighted by Gasteiger charge is 2.58. The number of likely N-dealkylation sites (tertiary alicyclic amines) is 1. The Balaban J connectivity index is 1.16. The molecular formula is C18H23N3O2. The molecule has 5 nitrogen and oxygen atoms in total. The Hall–Kier alpha value is -1.46. The molecule has 2 saturated heterocycles. The van der Waals surface area contributed by atoms with Crippen LogP contribution in [0.2, 0.25) is 0 Å². The first-order valence-corrected chi connectivity index (χ1v) is 8.80. The van der Waals surface area contributed by atoms with Crippen molar-refractivity contribution in [3.8, 4) is 0 Å². The number of hydrogen-bond acceptors (Lipinski definition) is 4. The first-order chi connectivity index (χ1) is 11.3. The molecule has 1 aromatic rings. The lowest BCUT2D eigenvalue weighted by atomic mass is 10.0. The van der Waals surface area contributed by atoms with E-state index in [1.54, 1.807) is 0 Å². The van der Waals surface area contributed by atoms with E-state index in [4.69, 9.17) is 4.74 Å². The zero-order chi connectivity index (χ0) is 15.4. The summed E-state index contributed by atoms with van der Waals surface area (Å²) in [5.41, 5.74) is 1.28. The van der Waals surface area contributed by atoms with Gasteiger partial charge in [-0.1, -0.05) is 6.07 Å². The number of ether oxygens (including phenoxy) is 1. The lowest BCUT2D eigenvalue weighted by Crippen LogP contribution is -2.46. The van der Waals surface area contributed by atoms with Gasteiger partial charge in [0.2, 0.25) is 5.91 Å². The van der Waals surface area contributed by atoms with Gasteiger partial charge in [0.15, 0.2) is 0 Å². The van der Waals surface area contributed by atoms with Crippen LogP contribution in [0, 0.1) is 23.7 Å². The molecule has 1 unspecified atom stereocenters. The molecule has 2 aliphatic heterocycles. The summed E-state index contributed by atoms with van der Waals surface area (Å²) in [5, 5.41) is 3.35. The third kappa shape index (κ3) is 2.37. The number of nitrogens with one attached hydrogen (secondary N) is 1. The van der Waals surface area contributed by atoms with Crippen LogP contribution in [-0.2, 0) is 16.1 Å². The Morgan fingerprint density at radius 3 is 2.91 bits per heavy atom. The van der Waals surface area contributed by atoms with E-state index >= 15 is 0 Å². The molecule has 3 heterocycles. The van der Waals surface area contributed by atoms with Crippen LogP contribution in [-0.4, -0.2) is 47.6 Å². The van der Waals surface area contributed by atoms with Crippen LogP contribution in [0.3, 0.4) is 0 Å². The van der Waals surface area contributed by atoms with E-state index in [2.05, 4.69) is 21.3 Å². The van der Waals surface area contributed by atoms with Gasteiger partial charge in [-0.2, -0.15) is 0 Å². The van der Waals surface area contributed by atoms with Crippen LogP contribution < -0.4 is 5.32 Å². The van der Waals surface area contributed by atoms with Gasteiger partial charge in [0.25, 0.3) is 0 Å². The molecule has 0 radical (unpaired) electrons. The highest BCUT2D eigenvalue weighted by Crippen LogP contribution is 2.51. The van der Waals surface area contributed by atoms with E-state index in [0.717, 1.165) is 32.7 Å². The minimum atomic E-state index is 0.245. The molecule has 5 rings (SSSR count). The third-order valence-electron chi connectivity index (χ3n) is 6.35. The van der Waals surface area contributed by atoms with E-state index < -0.39 is 0 Å². The third-order valence-corrected chi connectivity index (χ3v) is 6.35. The monoisotopic (exact) mass is 313 g/mol. The average molecular weight is 313 g/mol. The van der Waals surface area contributed by atoms with Crippen molar-refractivity contribution < 1.29 is 9.53 Å². The minimum Gasteiger partial charge on any atom is -0.381 e. The lowest BCUT2D eigenvalue weighted by molar-refractivity contribution is -0.124. The van der Waals surface area contributed by atoms with Crippen LogP contribution in [0.5, 0.6) is 0 Å². The molecule has 2 bridgehead atoms. The van der Waals surface area contributed by atoms with Gasteiger partial charge in [-0.3, -0.25) is 14.7 Å². The Morgan fingerprint density at radius 1 is 1.35 bits per heavy atom. The van der Waals surface area contributed by atoms with E-state index in [1.807, 2.05) is 18.5 Å². The van der Waals surface area contributed by atoms with E-state index in [1.165, 1.54) is 12.0 Å². The first-order valence-electron chi connectivity index (χ1n) is 8.80. The van der Waals surface area contributed by atoms with E-state index in [9.17, 15) is 4.79 Å². The lowest BCUT2D eigenvalue weighted by Gasteiger charge is -2.32. The molecule has 0 aromatic carbocycles. The van der Waals surface area contributed by atoms with Crippen molar-refractivity contribution >= 4 is 5.91 Å². The quantitative estimate of drug-likeness (QED) is 0.903. The van der Waals surface area contributed by atoms with Crippen LogP contribution in [0.1, 0.15) is 18.4 Å². The maximum atomic E-state index is 12.4. The summed E-state index contributed by atoms with van der Waals surface area (Å²) >= 11 is 0. The Labute approximate surface area is 136 Å². The molecule has 122 valence electrons. The second-order valence-electron chi connectivity index (χ2n) is 7.68. The highest BCUT2D eigenvalue weighted by atomic mass is 16.5. The number of aromatic nitrogens is 1. The predicted molar refractivity (Wildman–Crippen MR) is 84.4 cm³/mol. The molecule has 23 heavy (non-hydrogen) atoms. The van der Waals surface area contributed by atoms with Crippen molar-refractivity contribution in [2.45, 2.75) is 31.5 Å². The molecule has 0 spiro atoms. The summed E-state index contributed by atoms with van der Waals surface area (Å²) in [5.74, 6) is 2.18. The fraction of sp³-hybridized carbons (Fsp3) is 0.667. The van der Waals surface area contributed by atoms with E-state index in [0.29, 0.717) is 35.7 Å². The van der Waals surface area contributed by atoms with Crippen molar-refractivity contribution in [3.05, 3.63) is 30.1 Å². The van der Waals surface area contributed by atoms with Gasteiger partial charge in [-0.25, -0.2) is 0 Å². The minimum absolute atomic E-state index is 0.245. The number of hydrogen-bond donors (Lipinski definition) is 1. The van der Waals surface area contributed by atoms with Crippen LogP contribution >= 0.6 is 0 Å². The maximum Gasteiger partial charge on any atom is 0.224 e. The van der Waals surface area contributed by atoms with Gasteiger partial charge in [-0.05, 0) is 42.2 Å². The molecule has 1 N–H and O–H groups in total. The average Bonchev–Trinajstić information content (AvgIpc) is 2.95. The van der Waals surface area contributed by atoms with Crippen LogP contribution in [0.4, 0.5) is 0 Å². The van der Waals surface area contributed by atoms with Crippen molar-refractivity contribution in [1.29, 1.82) is 0 Å². The molecular weight excluding hydrogens is 290 g/mol. The second kappa shape index (κ2) is 5.28. The number of carbonyl (C=O) groups is 1. The summed E-state index contributed by atoms with van der Waals surface area (Å²) in [7, 11) is 0. The largest absolute Gasteiger partial charge is 0.381 e. The number of piperidine rings is 1. The summed E-state index contributed by atoms with van der Waals surface area (Å²) in [6.45, 7) is 3.67. The number of fused-ring (bicyclic) bond motifs is 3. The molecule has 2 aliphatic carbocycles. The topological polar surface area (TPSA) is 54.5 Å². The van der Waals surface area contributed by atoms with Gasteiger partial charge in [0, 0.05) is 43.5 Å². The zero-order valence-corrected chi connectivity index (χ0v) is 13.2. The SMILES string of the molecule is O=C(N[C@@H]1C[C@H]2C[C@@H]1CN2Cc1cccnc1)C1[C@H]2COC[C@@H]12. The first kappa shape index (κ1) is 13.9. The fourth-order valence-electron chi connectivity index (χ4n) is 5.05. The van der Waals surface area contributed by atoms with Crippen LogP contribution in [0.15, 0.2) is 24.5 Å². The molecule has 1 aromatic heterocycles. The summed E-state index contributed by atoms with van der Waals surface area (Å²) < 4.78 is 5.39. The summed E-state index contributed by atoms with van der Waals surface area (Å²) in [6.07, 6.45) is 6.11. The molecule has 5 heteroatoms. The number of rotatable bonds is 4. The molecule has 4 fully saturated rings. The van der Waals surface area contributed by atoms with Crippen molar-refractivity contribution in [2.24, 2.45) is 23.7 Å². The second-order valence-corrected chi connectivity index (χ2v) is 7.68. The highest BCUT2D eigenvalue weighted by molar-refractivity contribution is 5.82. The zero-order valence-electron chi connectivity index (χ0n) is 13.2. The number of pyridine rings is 1. The molecule has 1 amide bonds. The number of carbonyl (C=O) groups excluding carboxylic acids is 1. The van der Waals surface area contributed by atoms with Crippen molar-refractivity contribution in [1.82, 2.24) is 15.2 Å². The van der Waals surface area contributed by atoms with E-state index in [-0.39, 0.29) is 5.92 Å². The van der Waals surface area contributed by atoms with Crippen molar-refractivity contribution in [2.75, 3.05) is 19.8 Å². The van der Waals surface area contributed by atoms with Gasteiger partial charge < -0.3 is 10.1 Å². The Kier molecular flexibility index (Phi) is 3.20. The maximum absolute atomic E-state index is 12.4. The van der Waals surface area contributed by atoms with Crippen molar-refractivity contribution in [3.63, 3.8) is 0 Å². The van der Waals surface area contributed by atoms with Gasteiger partial charge >= 0.3 is 0 Å². The fourth-order valence-corrected chi connectivity index (χ4v) is 5.05. The summed E-state index contributed by atoms with van der Waals surface area (Å²) in [6, 6.07) is 5.15. The standard InChI is InChI=1S/C18H23N3O2/c22-18(17-14-9-23-10-15(14)17)20-16-5-13-4-12(16)8-21(13)7-11-2-1-3-19-6-11/h1-3,6,12-17H,4-5,7-10H2,(H,20,22)/t12-,13-,14-,15+,16-,17?/m1/s1. The normalized spacial score (nSPS) is 41.0. The van der Waals surface area contributed by atoms with Gasteiger partial charge in [-0.15, -0.1) is 0 Å². The van der Waals surface area contributed by atoms with Crippen LogP contribution in [0.25, 0.3) is 0 Å². The molecule has 6 atom stereocenters. The summed E-state index contributed by atoms with van der Waals surface area (Å²) in [4.78, 5) is 19.2. The number of amides is 1.